The molecule has 0 radical (unpaired) electrons. The average Bonchev–Trinajstić information content (AvgIpc) is 2.45. The van der Waals surface area contributed by atoms with E-state index in [2.05, 4.69) is 46.9 Å². The standard InChI is InChI=1S/C13H23NO/c1-7-8-9-14-10(15)13(6)11(2,3)12(13,4)5/h8-9H,7H2,1-6H3,(H,14,15). The third-order valence-electron chi connectivity index (χ3n) is 5.02. The zero-order chi connectivity index (χ0) is 11.9. The molecule has 0 spiro atoms. The Kier molecular flexibility index (Phi) is 2.75. The first-order valence-corrected chi connectivity index (χ1v) is 5.69. The number of allylic oxidation sites excluding steroid dienone is 1. The predicted molar refractivity (Wildman–Crippen MR) is 63.2 cm³/mol. The second-order valence-electron chi connectivity index (χ2n) is 5.66. The smallest absolute Gasteiger partial charge is 0.230 e. The molecule has 1 fully saturated rings. The maximum Gasteiger partial charge on any atom is 0.230 e. The van der Waals surface area contributed by atoms with Crippen LogP contribution in [0.3, 0.4) is 0 Å². The van der Waals surface area contributed by atoms with E-state index in [4.69, 9.17) is 0 Å². The number of carbonyl (C=O) groups is 1. The number of hydrogen-bond donors (Lipinski definition) is 1. The van der Waals surface area contributed by atoms with Gasteiger partial charge in [-0.05, 0) is 30.4 Å². The molecule has 2 nitrogen and oxygen atoms in total. The van der Waals surface area contributed by atoms with Gasteiger partial charge in [0, 0.05) is 0 Å². The molecule has 2 heteroatoms. The van der Waals surface area contributed by atoms with E-state index in [0.717, 1.165) is 6.42 Å². The molecular weight excluding hydrogens is 186 g/mol. The summed E-state index contributed by atoms with van der Waals surface area (Å²) in [4.78, 5) is 12.1. The van der Waals surface area contributed by atoms with Gasteiger partial charge in [0.25, 0.3) is 0 Å². The largest absolute Gasteiger partial charge is 0.332 e. The number of rotatable bonds is 3. The van der Waals surface area contributed by atoms with Crippen LogP contribution >= 0.6 is 0 Å². The number of amides is 1. The van der Waals surface area contributed by atoms with Crippen LogP contribution in [0.4, 0.5) is 0 Å². The second-order valence-corrected chi connectivity index (χ2v) is 5.66. The summed E-state index contributed by atoms with van der Waals surface area (Å²) in [6.07, 6.45) is 4.67. The van der Waals surface area contributed by atoms with Crippen LogP contribution in [-0.2, 0) is 4.79 Å². The van der Waals surface area contributed by atoms with E-state index in [1.165, 1.54) is 0 Å². The third-order valence-corrected chi connectivity index (χ3v) is 5.02. The fourth-order valence-electron chi connectivity index (χ4n) is 2.56. The maximum atomic E-state index is 12.1. The molecule has 1 aliphatic rings. The van der Waals surface area contributed by atoms with Crippen LogP contribution in [0.15, 0.2) is 12.3 Å². The first-order valence-electron chi connectivity index (χ1n) is 5.69. The van der Waals surface area contributed by atoms with E-state index in [1.54, 1.807) is 6.20 Å². The third kappa shape index (κ3) is 1.34. The van der Waals surface area contributed by atoms with Crippen LogP contribution in [0, 0.1) is 16.2 Å². The predicted octanol–water partition coefficient (Wildman–Crippen LogP) is 3.10. The number of nitrogens with one attached hydrogen (secondary N) is 1. The lowest BCUT2D eigenvalue weighted by Crippen LogP contribution is -2.30. The molecule has 0 heterocycles. The lowest BCUT2D eigenvalue weighted by molar-refractivity contribution is -0.126. The summed E-state index contributed by atoms with van der Waals surface area (Å²) in [6, 6.07) is 0. The van der Waals surface area contributed by atoms with Gasteiger partial charge in [0.1, 0.15) is 0 Å². The molecule has 0 atom stereocenters. The zero-order valence-corrected chi connectivity index (χ0v) is 10.8. The molecule has 0 aliphatic heterocycles. The van der Waals surface area contributed by atoms with Crippen molar-refractivity contribution in [2.75, 3.05) is 0 Å². The van der Waals surface area contributed by atoms with Crippen molar-refractivity contribution >= 4 is 5.91 Å². The lowest BCUT2D eigenvalue weighted by atomic mass is 9.96. The summed E-state index contributed by atoms with van der Waals surface area (Å²) in [6.45, 7) is 12.8. The Balaban J connectivity index is 2.75. The number of carbonyl (C=O) groups excluding carboxylic acids is 1. The van der Waals surface area contributed by atoms with Crippen LogP contribution in [0.2, 0.25) is 0 Å². The highest BCUT2D eigenvalue weighted by Crippen LogP contribution is 2.77. The molecule has 86 valence electrons. The van der Waals surface area contributed by atoms with Gasteiger partial charge in [0.15, 0.2) is 0 Å². The molecule has 1 aliphatic carbocycles. The summed E-state index contributed by atoms with van der Waals surface area (Å²) in [5, 5.41) is 2.88. The highest BCUT2D eigenvalue weighted by molar-refractivity contribution is 5.89. The summed E-state index contributed by atoms with van der Waals surface area (Å²) in [5.74, 6) is 0.141. The van der Waals surface area contributed by atoms with E-state index in [9.17, 15) is 4.79 Å². The second kappa shape index (κ2) is 3.36. The fourth-order valence-corrected chi connectivity index (χ4v) is 2.56. The Labute approximate surface area is 93.1 Å². The van der Waals surface area contributed by atoms with Crippen molar-refractivity contribution in [2.24, 2.45) is 16.2 Å². The Morgan fingerprint density at radius 3 is 1.93 bits per heavy atom. The average molecular weight is 209 g/mol. The van der Waals surface area contributed by atoms with Gasteiger partial charge in [0.2, 0.25) is 5.91 Å². The Hall–Kier alpha value is -0.790. The van der Waals surface area contributed by atoms with Gasteiger partial charge in [-0.2, -0.15) is 0 Å². The molecule has 0 saturated heterocycles. The summed E-state index contributed by atoms with van der Waals surface area (Å²) in [7, 11) is 0. The number of hydrogen-bond acceptors (Lipinski definition) is 1. The van der Waals surface area contributed by atoms with Crippen molar-refractivity contribution < 1.29 is 4.79 Å². The molecule has 1 amide bonds. The lowest BCUT2D eigenvalue weighted by Gasteiger charge is -2.13. The Bertz CT molecular complexity index is 286. The minimum atomic E-state index is -0.252. The summed E-state index contributed by atoms with van der Waals surface area (Å²) >= 11 is 0. The van der Waals surface area contributed by atoms with Crippen molar-refractivity contribution in [1.29, 1.82) is 0 Å². The Morgan fingerprint density at radius 2 is 1.60 bits per heavy atom. The highest BCUT2D eigenvalue weighted by Gasteiger charge is 2.77. The maximum absolute atomic E-state index is 12.1. The van der Waals surface area contributed by atoms with Gasteiger partial charge < -0.3 is 5.32 Å². The van der Waals surface area contributed by atoms with E-state index in [1.807, 2.05) is 6.08 Å². The van der Waals surface area contributed by atoms with Gasteiger partial charge in [-0.3, -0.25) is 4.79 Å². The van der Waals surface area contributed by atoms with Crippen LogP contribution in [0.1, 0.15) is 48.0 Å². The van der Waals surface area contributed by atoms with Crippen LogP contribution in [0.5, 0.6) is 0 Å². The minimum absolute atomic E-state index is 0.0735. The first-order chi connectivity index (χ1) is 6.73. The van der Waals surface area contributed by atoms with Gasteiger partial charge >= 0.3 is 0 Å². The van der Waals surface area contributed by atoms with Crippen molar-refractivity contribution in [1.82, 2.24) is 5.32 Å². The first kappa shape index (κ1) is 12.3. The van der Waals surface area contributed by atoms with E-state index in [0.29, 0.717) is 0 Å². The quantitative estimate of drug-likeness (QED) is 0.760. The van der Waals surface area contributed by atoms with Gasteiger partial charge in [-0.25, -0.2) is 0 Å². The molecule has 0 bridgehead atoms. The molecule has 0 aromatic rings. The van der Waals surface area contributed by atoms with E-state index < -0.39 is 0 Å². The van der Waals surface area contributed by atoms with E-state index in [-0.39, 0.29) is 22.2 Å². The van der Waals surface area contributed by atoms with Crippen LogP contribution in [0.25, 0.3) is 0 Å². The Morgan fingerprint density at radius 1 is 1.13 bits per heavy atom. The van der Waals surface area contributed by atoms with Crippen molar-refractivity contribution in [3.8, 4) is 0 Å². The molecule has 1 N–H and O–H groups in total. The molecule has 0 aromatic carbocycles. The topological polar surface area (TPSA) is 29.1 Å². The van der Waals surface area contributed by atoms with Gasteiger partial charge in [0.05, 0.1) is 5.41 Å². The van der Waals surface area contributed by atoms with Crippen molar-refractivity contribution in [3.63, 3.8) is 0 Å². The fraction of sp³-hybridized carbons (Fsp3) is 0.769. The molecule has 15 heavy (non-hydrogen) atoms. The molecule has 0 unspecified atom stereocenters. The SMILES string of the molecule is CCC=CNC(=O)C1(C)C(C)(C)C1(C)C. The van der Waals surface area contributed by atoms with Crippen LogP contribution < -0.4 is 5.32 Å². The van der Waals surface area contributed by atoms with Gasteiger partial charge in [-0.1, -0.05) is 40.7 Å². The monoisotopic (exact) mass is 209 g/mol. The molecule has 1 rings (SSSR count). The summed E-state index contributed by atoms with van der Waals surface area (Å²) in [5.41, 5.74) is -0.105. The summed E-state index contributed by atoms with van der Waals surface area (Å²) < 4.78 is 0. The molecule has 1 saturated carbocycles. The minimum Gasteiger partial charge on any atom is -0.332 e. The van der Waals surface area contributed by atoms with Gasteiger partial charge in [-0.15, -0.1) is 0 Å². The van der Waals surface area contributed by atoms with E-state index >= 15 is 0 Å². The van der Waals surface area contributed by atoms with Crippen LogP contribution in [-0.4, -0.2) is 5.91 Å². The normalized spacial score (nSPS) is 25.2. The highest BCUT2D eigenvalue weighted by atomic mass is 16.2. The van der Waals surface area contributed by atoms with Crippen molar-refractivity contribution in [2.45, 2.75) is 48.0 Å². The molecular formula is C13H23NO. The zero-order valence-electron chi connectivity index (χ0n) is 10.8. The van der Waals surface area contributed by atoms with Crippen molar-refractivity contribution in [3.05, 3.63) is 12.3 Å². The molecule has 0 aromatic heterocycles.